The topological polar surface area (TPSA) is 83.7 Å². The Morgan fingerprint density at radius 1 is 1.22 bits per heavy atom. The molecule has 1 aliphatic heterocycles. The zero-order chi connectivity index (χ0) is 15.8. The van der Waals surface area contributed by atoms with Gasteiger partial charge in [-0.05, 0) is 18.9 Å². The van der Waals surface area contributed by atoms with Crippen LogP contribution in [0.1, 0.15) is 12.8 Å². The molecule has 2 aromatic heterocycles. The summed E-state index contributed by atoms with van der Waals surface area (Å²) >= 11 is 6.26. The Kier molecular flexibility index (Phi) is 3.63. The fraction of sp³-hybridized carbons (Fsp3) is 0.312. The van der Waals surface area contributed by atoms with Crippen LogP contribution >= 0.6 is 11.6 Å². The van der Waals surface area contributed by atoms with Gasteiger partial charge >= 0.3 is 0 Å². The van der Waals surface area contributed by atoms with Gasteiger partial charge in [0.05, 0.1) is 11.2 Å². The van der Waals surface area contributed by atoms with Crippen molar-refractivity contribution in [3.8, 4) is 11.3 Å². The summed E-state index contributed by atoms with van der Waals surface area (Å²) in [7, 11) is 0. The van der Waals surface area contributed by atoms with E-state index in [2.05, 4.69) is 25.1 Å². The molecule has 0 unspecified atom stereocenters. The molecule has 7 heteroatoms. The molecule has 0 radical (unpaired) electrons. The number of anilines is 1. The van der Waals surface area contributed by atoms with E-state index in [1.807, 2.05) is 24.3 Å². The van der Waals surface area contributed by atoms with Gasteiger partial charge in [0.1, 0.15) is 17.0 Å². The van der Waals surface area contributed by atoms with Crippen LogP contribution in [-0.2, 0) is 0 Å². The van der Waals surface area contributed by atoms with Crippen LogP contribution in [0.25, 0.3) is 22.4 Å². The number of aromatic nitrogens is 4. The van der Waals surface area contributed by atoms with Gasteiger partial charge in [0.2, 0.25) is 0 Å². The van der Waals surface area contributed by atoms with Gasteiger partial charge in [-0.2, -0.15) is 5.10 Å². The Morgan fingerprint density at radius 3 is 2.78 bits per heavy atom. The van der Waals surface area contributed by atoms with Crippen LogP contribution in [0.5, 0.6) is 0 Å². The average molecular weight is 329 g/mol. The lowest BCUT2D eigenvalue weighted by Crippen LogP contribution is -2.40. The number of piperidine rings is 1. The SMILES string of the molecule is NC1CCN(c2cnc3c(-c4ccccc4Cl)n[nH]c3n2)CC1. The molecule has 1 aromatic carbocycles. The number of hydrogen-bond acceptors (Lipinski definition) is 5. The Labute approximate surface area is 138 Å². The third kappa shape index (κ3) is 2.64. The molecule has 6 nitrogen and oxygen atoms in total. The molecule has 0 atom stereocenters. The first-order chi connectivity index (χ1) is 11.2. The summed E-state index contributed by atoms with van der Waals surface area (Å²) in [5.74, 6) is 0.860. The number of rotatable bonds is 2. The van der Waals surface area contributed by atoms with Crippen LogP contribution < -0.4 is 10.6 Å². The lowest BCUT2D eigenvalue weighted by molar-refractivity contribution is 0.498. The first-order valence-corrected chi connectivity index (χ1v) is 8.07. The highest BCUT2D eigenvalue weighted by Crippen LogP contribution is 2.30. The summed E-state index contributed by atoms with van der Waals surface area (Å²) in [6.45, 7) is 1.82. The van der Waals surface area contributed by atoms with Gasteiger partial charge < -0.3 is 10.6 Å². The van der Waals surface area contributed by atoms with Crippen molar-refractivity contribution in [2.75, 3.05) is 18.0 Å². The van der Waals surface area contributed by atoms with Gasteiger partial charge in [0.25, 0.3) is 0 Å². The Morgan fingerprint density at radius 2 is 2.00 bits per heavy atom. The monoisotopic (exact) mass is 328 g/mol. The maximum absolute atomic E-state index is 6.26. The molecule has 1 aliphatic rings. The molecular weight excluding hydrogens is 312 g/mol. The second kappa shape index (κ2) is 5.79. The number of nitrogens with zero attached hydrogens (tertiary/aromatic N) is 4. The van der Waals surface area contributed by atoms with Gasteiger partial charge in [-0.25, -0.2) is 9.97 Å². The molecule has 3 N–H and O–H groups in total. The van der Waals surface area contributed by atoms with E-state index in [0.29, 0.717) is 16.7 Å². The molecule has 0 bridgehead atoms. The summed E-state index contributed by atoms with van der Waals surface area (Å²) in [6, 6.07) is 7.89. The van der Waals surface area contributed by atoms with Crippen LogP contribution in [0, 0.1) is 0 Å². The molecule has 0 aliphatic carbocycles. The third-order valence-corrected chi connectivity index (χ3v) is 4.58. The predicted octanol–water partition coefficient (Wildman–Crippen LogP) is 2.60. The molecule has 0 spiro atoms. The normalized spacial score (nSPS) is 16.2. The number of nitrogens with two attached hydrogens (primary N) is 1. The second-order valence-electron chi connectivity index (χ2n) is 5.80. The third-order valence-electron chi connectivity index (χ3n) is 4.25. The summed E-state index contributed by atoms with van der Waals surface area (Å²) < 4.78 is 0. The summed E-state index contributed by atoms with van der Waals surface area (Å²) in [5.41, 5.74) is 8.94. The van der Waals surface area contributed by atoms with E-state index in [0.717, 1.165) is 48.5 Å². The minimum absolute atomic E-state index is 0.293. The maximum atomic E-state index is 6.26. The summed E-state index contributed by atoms with van der Waals surface area (Å²) in [5, 5.41) is 7.97. The average Bonchev–Trinajstić information content (AvgIpc) is 2.99. The highest BCUT2D eigenvalue weighted by molar-refractivity contribution is 6.33. The first kappa shape index (κ1) is 14.4. The standard InChI is InChI=1S/C16H17ClN6/c17-12-4-2-1-3-11(12)14-15-16(22-21-14)20-13(9-19-15)23-7-5-10(18)6-8-23/h1-4,9-10H,5-8,18H2,(H,20,21,22). The van der Waals surface area contributed by atoms with Crippen molar-refractivity contribution in [2.45, 2.75) is 18.9 Å². The number of aromatic amines is 1. The summed E-state index contributed by atoms with van der Waals surface area (Å²) in [6.07, 6.45) is 3.76. The molecule has 118 valence electrons. The fourth-order valence-corrected chi connectivity index (χ4v) is 3.14. The zero-order valence-electron chi connectivity index (χ0n) is 12.5. The summed E-state index contributed by atoms with van der Waals surface area (Å²) in [4.78, 5) is 11.4. The highest BCUT2D eigenvalue weighted by atomic mass is 35.5. The number of fused-ring (bicyclic) bond motifs is 1. The van der Waals surface area contributed by atoms with Crippen molar-refractivity contribution in [1.82, 2.24) is 20.2 Å². The van der Waals surface area contributed by atoms with E-state index < -0.39 is 0 Å². The zero-order valence-corrected chi connectivity index (χ0v) is 13.3. The van der Waals surface area contributed by atoms with Gasteiger partial charge in [0, 0.05) is 24.7 Å². The van der Waals surface area contributed by atoms with E-state index in [9.17, 15) is 0 Å². The Bertz CT molecular complexity index is 837. The van der Waals surface area contributed by atoms with Gasteiger partial charge in [-0.1, -0.05) is 29.8 Å². The van der Waals surface area contributed by atoms with Crippen LogP contribution in [0.4, 0.5) is 5.82 Å². The predicted molar refractivity (Wildman–Crippen MR) is 91.6 cm³/mol. The van der Waals surface area contributed by atoms with E-state index in [1.54, 1.807) is 6.20 Å². The lowest BCUT2D eigenvalue weighted by Gasteiger charge is -2.30. The molecular formula is C16H17ClN6. The highest BCUT2D eigenvalue weighted by Gasteiger charge is 2.19. The quantitative estimate of drug-likeness (QED) is 0.755. The van der Waals surface area contributed by atoms with Crippen LogP contribution in [0.2, 0.25) is 5.02 Å². The van der Waals surface area contributed by atoms with E-state index >= 15 is 0 Å². The largest absolute Gasteiger partial charge is 0.355 e. The fourth-order valence-electron chi connectivity index (χ4n) is 2.91. The lowest BCUT2D eigenvalue weighted by atomic mass is 10.1. The molecule has 3 aromatic rings. The van der Waals surface area contributed by atoms with Crippen molar-refractivity contribution in [3.05, 3.63) is 35.5 Å². The van der Waals surface area contributed by atoms with Gasteiger partial charge in [-0.3, -0.25) is 5.10 Å². The minimum Gasteiger partial charge on any atom is -0.355 e. The van der Waals surface area contributed by atoms with E-state index in [4.69, 9.17) is 17.3 Å². The van der Waals surface area contributed by atoms with Crippen molar-refractivity contribution in [1.29, 1.82) is 0 Å². The minimum atomic E-state index is 0.293. The van der Waals surface area contributed by atoms with Gasteiger partial charge in [-0.15, -0.1) is 0 Å². The smallest absolute Gasteiger partial charge is 0.177 e. The molecule has 0 saturated carbocycles. The molecule has 0 amide bonds. The van der Waals surface area contributed by atoms with Crippen LogP contribution in [-0.4, -0.2) is 39.3 Å². The van der Waals surface area contributed by atoms with Crippen molar-refractivity contribution in [3.63, 3.8) is 0 Å². The number of H-pyrrole nitrogens is 1. The number of benzene rings is 1. The number of hydrogen-bond donors (Lipinski definition) is 2. The Hall–Kier alpha value is -2.18. The number of nitrogens with one attached hydrogen (secondary N) is 1. The van der Waals surface area contributed by atoms with E-state index in [-0.39, 0.29) is 0 Å². The van der Waals surface area contributed by atoms with Crippen molar-refractivity contribution >= 4 is 28.6 Å². The van der Waals surface area contributed by atoms with Crippen molar-refractivity contribution in [2.24, 2.45) is 5.73 Å². The molecule has 1 saturated heterocycles. The number of halogens is 1. The van der Waals surface area contributed by atoms with E-state index in [1.165, 1.54) is 0 Å². The van der Waals surface area contributed by atoms with Crippen molar-refractivity contribution < 1.29 is 0 Å². The molecule has 4 rings (SSSR count). The second-order valence-corrected chi connectivity index (χ2v) is 6.21. The Balaban J connectivity index is 1.71. The molecule has 1 fully saturated rings. The van der Waals surface area contributed by atoms with Gasteiger partial charge in [0.15, 0.2) is 5.65 Å². The van der Waals surface area contributed by atoms with Crippen LogP contribution in [0.3, 0.4) is 0 Å². The first-order valence-electron chi connectivity index (χ1n) is 7.69. The maximum Gasteiger partial charge on any atom is 0.177 e. The molecule has 3 heterocycles. The van der Waals surface area contributed by atoms with Crippen LogP contribution in [0.15, 0.2) is 30.5 Å². The molecule has 23 heavy (non-hydrogen) atoms.